The van der Waals surface area contributed by atoms with Crippen molar-refractivity contribution in [2.45, 2.75) is 52.9 Å². The van der Waals surface area contributed by atoms with Crippen LogP contribution >= 0.6 is 11.6 Å². The van der Waals surface area contributed by atoms with E-state index in [0.29, 0.717) is 48.9 Å². The highest BCUT2D eigenvalue weighted by atomic mass is 35.5. The van der Waals surface area contributed by atoms with Crippen molar-refractivity contribution in [3.05, 3.63) is 33.8 Å². The minimum absolute atomic E-state index is 0.191. The highest BCUT2D eigenvalue weighted by Gasteiger charge is 2.28. The van der Waals surface area contributed by atoms with Gasteiger partial charge in [0.15, 0.2) is 0 Å². The highest BCUT2D eigenvalue weighted by Crippen LogP contribution is 2.35. The average Bonchev–Trinajstić information content (AvgIpc) is 3.03. The summed E-state index contributed by atoms with van der Waals surface area (Å²) in [6.45, 7) is 12.5. The number of likely N-dealkylation sites (N-methyl/N-ethyl adjacent to an activating group) is 2. The van der Waals surface area contributed by atoms with Gasteiger partial charge in [-0.05, 0) is 47.7 Å². The quantitative estimate of drug-likeness (QED) is 0.534. The molecule has 1 aromatic carbocycles. The molecule has 0 saturated carbocycles. The van der Waals surface area contributed by atoms with Crippen molar-refractivity contribution in [1.29, 1.82) is 0 Å². The third kappa shape index (κ3) is 6.33. The Balaban J connectivity index is 2.03. The van der Waals surface area contributed by atoms with Crippen LogP contribution < -0.4 is 0 Å². The first-order valence-corrected chi connectivity index (χ1v) is 10.7. The van der Waals surface area contributed by atoms with Crippen molar-refractivity contribution < 1.29 is 23.8 Å². The zero-order valence-electron chi connectivity index (χ0n) is 18.8. The molecule has 0 aromatic heterocycles. The molecule has 1 aliphatic heterocycles. The van der Waals surface area contributed by atoms with Gasteiger partial charge >= 0.3 is 12.1 Å². The molecule has 1 atom stereocenters. The lowest BCUT2D eigenvalue weighted by molar-refractivity contribution is 0.0201. The summed E-state index contributed by atoms with van der Waals surface area (Å²) in [5.41, 5.74) is 1.55. The van der Waals surface area contributed by atoms with Crippen LogP contribution in [0.5, 0.6) is 0 Å². The second-order valence-electron chi connectivity index (χ2n) is 8.34. The van der Waals surface area contributed by atoms with E-state index in [1.54, 1.807) is 11.0 Å². The van der Waals surface area contributed by atoms with Gasteiger partial charge in [-0.25, -0.2) is 9.59 Å². The predicted octanol–water partition coefficient (Wildman–Crippen LogP) is 4.28. The molecule has 0 saturated heterocycles. The van der Waals surface area contributed by atoms with E-state index in [0.717, 1.165) is 5.56 Å². The Morgan fingerprint density at radius 3 is 2.57 bits per heavy atom. The molecule has 1 amide bonds. The summed E-state index contributed by atoms with van der Waals surface area (Å²) >= 11 is 6.59. The van der Waals surface area contributed by atoms with E-state index >= 15 is 0 Å². The van der Waals surface area contributed by atoms with E-state index in [4.69, 9.17) is 25.8 Å². The number of cyclic esters (lactones) is 1. The number of ether oxygens (including phenoxy) is 3. The Morgan fingerprint density at radius 2 is 1.97 bits per heavy atom. The van der Waals surface area contributed by atoms with Gasteiger partial charge in [0, 0.05) is 43.9 Å². The molecule has 0 aliphatic carbocycles. The van der Waals surface area contributed by atoms with Crippen LogP contribution in [0, 0.1) is 0 Å². The summed E-state index contributed by atoms with van der Waals surface area (Å²) in [6.07, 6.45) is -0.573. The summed E-state index contributed by atoms with van der Waals surface area (Å²) in [5.74, 6) is -0.342. The van der Waals surface area contributed by atoms with Gasteiger partial charge in [0.05, 0.1) is 16.7 Å². The Bertz CT molecular complexity index is 763. The predicted molar refractivity (Wildman–Crippen MR) is 116 cm³/mol. The summed E-state index contributed by atoms with van der Waals surface area (Å²) in [4.78, 5) is 27.9. The third-order valence-corrected chi connectivity index (χ3v) is 5.26. The zero-order valence-corrected chi connectivity index (χ0v) is 19.5. The number of rotatable bonds is 9. The molecular weight excluding hydrogens is 408 g/mol. The summed E-state index contributed by atoms with van der Waals surface area (Å²) in [5, 5.41) is 0.522. The molecule has 1 aromatic rings. The fourth-order valence-corrected chi connectivity index (χ4v) is 3.59. The van der Waals surface area contributed by atoms with E-state index in [1.807, 2.05) is 47.7 Å². The zero-order chi connectivity index (χ0) is 22.5. The first-order valence-electron chi connectivity index (χ1n) is 10.3. The smallest absolute Gasteiger partial charge is 0.410 e. The van der Waals surface area contributed by atoms with Crippen molar-refractivity contribution in [2.24, 2.45) is 0 Å². The van der Waals surface area contributed by atoms with Crippen molar-refractivity contribution >= 4 is 23.7 Å². The number of halogens is 1. The number of nitrogens with zero attached hydrogens (tertiary/aromatic N) is 2. The second-order valence-corrected chi connectivity index (χ2v) is 8.72. The molecule has 1 aliphatic rings. The van der Waals surface area contributed by atoms with Crippen LogP contribution in [0.15, 0.2) is 12.1 Å². The lowest BCUT2D eigenvalue weighted by Crippen LogP contribution is -2.41. The number of carbonyl (C=O) groups is 2. The van der Waals surface area contributed by atoms with Crippen LogP contribution in [0.2, 0.25) is 5.02 Å². The first-order chi connectivity index (χ1) is 14.1. The Hall–Kier alpha value is -1.83. The summed E-state index contributed by atoms with van der Waals surface area (Å²) in [7, 11) is 1.98. The number of amides is 1. The van der Waals surface area contributed by atoms with Crippen LogP contribution in [-0.2, 0) is 20.8 Å². The number of carbonyl (C=O) groups excluding carboxylic acids is 2. The van der Waals surface area contributed by atoms with Crippen LogP contribution in [0.25, 0.3) is 0 Å². The SMILES string of the molecule is CCO[C@@H](CN(C)CCN(CC)C(=O)OC(C)(C)C)c1ccc2c(c1Cl)COC2=O. The molecule has 2 rings (SSSR count). The molecule has 0 spiro atoms. The van der Waals surface area contributed by atoms with Crippen molar-refractivity contribution in [2.75, 3.05) is 39.8 Å². The Labute approximate surface area is 184 Å². The molecule has 0 bridgehead atoms. The van der Waals surface area contributed by atoms with E-state index in [-0.39, 0.29) is 24.8 Å². The maximum atomic E-state index is 12.3. The number of hydrogen-bond donors (Lipinski definition) is 0. The van der Waals surface area contributed by atoms with E-state index in [9.17, 15) is 9.59 Å². The number of esters is 1. The van der Waals surface area contributed by atoms with Crippen molar-refractivity contribution in [3.63, 3.8) is 0 Å². The van der Waals surface area contributed by atoms with Gasteiger partial charge in [-0.3, -0.25) is 0 Å². The molecule has 0 N–H and O–H groups in total. The first kappa shape index (κ1) is 24.4. The maximum Gasteiger partial charge on any atom is 0.410 e. The van der Waals surface area contributed by atoms with E-state index < -0.39 is 5.60 Å². The summed E-state index contributed by atoms with van der Waals surface area (Å²) in [6, 6.07) is 3.58. The molecule has 0 radical (unpaired) electrons. The fourth-order valence-electron chi connectivity index (χ4n) is 3.25. The largest absolute Gasteiger partial charge is 0.457 e. The topological polar surface area (TPSA) is 68.3 Å². The van der Waals surface area contributed by atoms with E-state index in [2.05, 4.69) is 4.90 Å². The van der Waals surface area contributed by atoms with Crippen molar-refractivity contribution in [1.82, 2.24) is 9.80 Å². The monoisotopic (exact) mass is 440 g/mol. The van der Waals surface area contributed by atoms with Crippen LogP contribution in [0.1, 0.15) is 62.2 Å². The number of fused-ring (bicyclic) bond motifs is 1. The minimum Gasteiger partial charge on any atom is -0.457 e. The number of benzene rings is 1. The van der Waals surface area contributed by atoms with Gasteiger partial charge in [0.2, 0.25) is 0 Å². The van der Waals surface area contributed by atoms with Gasteiger partial charge in [-0.2, -0.15) is 0 Å². The Morgan fingerprint density at radius 1 is 1.27 bits per heavy atom. The van der Waals surface area contributed by atoms with Gasteiger partial charge in [-0.15, -0.1) is 0 Å². The fraction of sp³-hybridized carbons (Fsp3) is 0.636. The molecule has 0 fully saturated rings. The molecular formula is C22H33ClN2O5. The normalized spacial score (nSPS) is 14.5. The average molecular weight is 441 g/mol. The van der Waals surface area contributed by atoms with Crippen LogP contribution in [-0.4, -0.2) is 67.3 Å². The maximum absolute atomic E-state index is 12.3. The highest BCUT2D eigenvalue weighted by molar-refractivity contribution is 6.32. The number of hydrogen-bond acceptors (Lipinski definition) is 6. The molecule has 7 nitrogen and oxygen atoms in total. The second kappa shape index (κ2) is 10.5. The van der Waals surface area contributed by atoms with Gasteiger partial charge < -0.3 is 24.0 Å². The van der Waals surface area contributed by atoms with Crippen LogP contribution in [0.4, 0.5) is 4.79 Å². The third-order valence-electron chi connectivity index (χ3n) is 4.82. The Kier molecular flexibility index (Phi) is 8.52. The molecule has 168 valence electrons. The van der Waals surface area contributed by atoms with Gasteiger partial charge in [-0.1, -0.05) is 17.7 Å². The minimum atomic E-state index is -0.522. The standard InChI is InChI=1S/C22H33ClN2O5/c1-7-25(21(27)30-22(3,4)5)12-11-24(6)13-18(28-8-2)16-10-9-15-17(19(16)23)14-29-20(15)26/h9-10,18H,7-8,11-14H2,1-6H3/t18-/m0/s1. The lowest BCUT2D eigenvalue weighted by Gasteiger charge is -2.29. The van der Waals surface area contributed by atoms with Gasteiger partial charge in [0.1, 0.15) is 12.2 Å². The van der Waals surface area contributed by atoms with Crippen molar-refractivity contribution in [3.8, 4) is 0 Å². The molecule has 1 heterocycles. The molecule has 30 heavy (non-hydrogen) atoms. The van der Waals surface area contributed by atoms with Crippen LogP contribution in [0.3, 0.4) is 0 Å². The summed E-state index contributed by atoms with van der Waals surface area (Å²) < 4.78 is 16.5. The van der Waals surface area contributed by atoms with Gasteiger partial charge in [0.25, 0.3) is 0 Å². The lowest BCUT2D eigenvalue weighted by atomic mass is 10.0. The molecule has 0 unspecified atom stereocenters. The van der Waals surface area contributed by atoms with E-state index in [1.165, 1.54) is 0 Å². The molecule has 8 heteroatoms.